The lowest BCUT2D eigenvalue weighted by atomic mass is 10.1. The van der Waals surface area contributed by atoms with Crippen molar-refractivity contribution < 1.29 is 24.2 Å². The van der Waals surface area contributed by atoms with Crippen LogP contribution in [0.1, 0.15) is 39.0 Å². The van der Waals surface area contributed by atoms with Crippen molar-refractivity contribution in [3.8, 4) is 0 Å². The molecular formula is C13H23NO5. The predicted octanol–water partition coefficient (Wildman–Crippen LogP) is 1.31. The number of carbonyl (C=O) groups excluding carboxylic acids is 2. The van der Waals surface area contributed by atoms with E-state index in [1.165, 1.54) is 12.0 Å². The molecule has 0 aromatic carbocycles. The molecule has 1 aliphatic heterocycles. The number of esters is 1. The summed E-state index contributed by atoms with van der Waals surface area (Å²) in [6, 6.07) is -0.353. The van der Waals surface area contributed by atoms with Crippen LogP contribution in [0.3, 0.4) is 0 Å². The molecule has 0 aromatic rings. The minimum Gasteiger partial charge on any atom is -0.469 e. The molecule has 6 heteroatoms. The highest BCUT2D eigenvalue weighted by Gasteiger charge is 2.35. The molecular weight excluding hydrogens is 250 g/mol. The molecule has 0 bridgehead atoms. The third-order valence-electron chi connectivity index (χ3n) is 3.30. The van der Waals surface area contributed by atoms with Gasteiger partial charge >= 0.3 is 12.1 Å². The molecule has 0 saturated carbocycles. The lowest BCUT2D eigenvalue weighted by Gasteiger charge is -2.27. The van der Waals surface area contributed by atoms with Crippen LogP contribution < -0.4 is 0 Å². The minimum atomic E-state index is -0.895. The van der Waals surface area contributed by atoms with Crippen LogP contribution in [0, 0.1) is 0 Å². The van der Waals surface area contributed by atoms with Gasteiger partial charge in [0.15, 0.2) is 0 Å². The van der Waals surface area contributed by atoms with Crippen LogP contribution in [-0.2, 0) is 14.3 Å². The molecule has 19 heavy (non-hydrogen) atoms. The average molecular weight is 273 g/mol. The highest BCUT2D eigenvalue weighted by atomic mass is 16.6. The van der Waals surface area contributed by atoms with E-state index in [-0.39, 0.29) is 12.5 Å². The Bertz CT molecular complexity index is 307. The van der Waals surface area contributed by atoms with E-state index in [2.05, 4.69) is 4.74 Å². The lowest BCUT2D eigenvalue weighted by Crippen LogP contribution is -2.44. The van der Waals surface area contributed by atoms with Gasteiger partial charge in [-0.1, -0.05) is 13.3 Å². The highest BCUT2D eigenvalue weighted by molar-refractivity contribution is 5.71. The first-order valence-electron chi connectivity index (χ1n) is 6.78. The van der Waals surface area contributed by atoms with Crippen LogP contribution in [-0.4, -0.2) is 54.5 Å². The normalized spacial score (nSPS) is 20.2. The molecule has 1 heterocycles. The number of hydrogen-bond acceptors (Lipinski definition) is 5. The molecule has 0 aromatic heterocycles. The second kappa shape index (κ2) is 7.99. The maximum Gasteiger partial charge on any atom is 0.410 e. The maximum atomic E-state index is 11.9. The first kappa shape index (κ1) is 15.8. The summed E-state index contributed by atoms with van der Waals surface area (Å²) in [7, 11) is 1.28. The van der Waals surface area contributed by atoms with Crippen LogP contribution in [0.4, 0.5) is 4.79 Å². The molecule has 1 unspecified atom stereocenters. The first-order valence-corrected chi connectivity index (χ1v) is 6.78. The zero-order valence-electron chi connectivity index (χ0n) is 11.6. The van der Waals surface area contributed by atoms with E-state index in [1.807, 2.05) is 6.92 Å². The van der Waals surface area contributed by atoms with E-state index in [4.69, 9.17) is 4.74 Å². The third kappa shape index (κ3) is 4.70. The Labute approximate surface area is 113 Å². The minimum absolute atomic E-state index is 0.0973. The van der Waals surface area contributed by atoms with Gasteiger partial charge in [0.05, 0.1) is 32.3 Å². The molecule has 1 amide bonds. The molecule has 0 radical (unpaired) electrons. The van der Waals surface area contributed by atoms with Gasteiger partial charge in [-0.3, -0.25) is 4.79 Å². The topological polar surface area (TPSA) is 76.1 Å². The van der Waals surface area contributed by atoms with Gasteiger partial charge in [0.2, 0.25) is 0 Å². The number of unbranched alkanes of at least 4 members (excludes halogenated alkanes) is 1. The SMILES string of the molecule is CCCCOC(=O)N1CCCC1[C@H](O)CC(=O)OC. The fraction of sp³-hybridized carbons (Fsp3) is 0.846. The smallest absolute Gasteiger partial charge is 0.410 e. The van der Waals surface area contributed by atoms with Gasteiger partial charge in [0.25, 0.3) is 0 Å². The van der Waals surface area contributed by atoms with Gasteiger partial charge < -0.3 is 19.5 Å². The largest absolute Gasteiger partial charge is 0.469 e. The van der Waals surface area contributed by atoms with Gasteiger partial charge in [-0.25, -0.2) is 4.79 Å². The summed E-state index contributed by atoms with van der Waals surface area (Å²) >= 11 is 0. The van der Waals surface area contributed by atoms with Crippen molar-refractivity contribution in [1.82, 2.24) is 4.90 Å². The Morgan fingerprint density at radius 3 is 2.84 bits per heavy atom. The summed E-state index contributed by atoms with van der Waals surface area (Å²) in [5, 5.41) is 9.99. The number of carbonyl (C=O) groups is 2. The highest BCUT2D eigenvalue weighted by Crippen LogP contribution is 2.23. The van der Waals surface area contributed by atoms with Gasteiger partial charge in [-0.15, -0.1) is 0 Å². The number of hydrogen-bond donors (Lipinski definition) is 1. The van der Waals surface area contributed by atoms with Gasteiger partial charge in [0.1, 0.15) is 0 Å². The van der Waals surface area contributed by atoms with Crippen LogP contribution in [0.2, 0.25) is 0 Å². The van der Waals surface area contributed by atoms with E-state index >= 15 is 0 Å². The molecule has 1 saturated heterocycles. The van der Waals surface area contributed by atoms with Crippen molar-refractivity contribution >= 4 is 12.1 Å². The van der Waals surface area contributed by atoms with Crippen LogP contribution in [0.15, 0.2) is 0 Å². The number of rotatable bonds is 6. The standard InChI is InChI=1S/C13H23NO5/c1-3-4-8-19-13(17)14-7-5-6-10(14)11(15)9-12(16)18-2/h10-11,15H,3-9H2,1-2H3/t10?,11-/m1/s1. The van der Waals surface area contributed by atoms with E-state index in [0.717, 1.165) is 19.3 Å². The van der Waals surface area contributed by atoms with Gasteiger partial charge in [0, 0.05) is 6.54 Å². The van der Waals surface area contributed by atoms with E-state index in [9.17, 15) is 14.7 Å². The summed E-state index contributed by atoms with van der Waals surface area (Å²) in [4.78, 5) is 24.5. The quantitative estimate of drug-likeness (QED) is 0.583. The Morgan fingerprint density at radius 2 is 2.21 bits per heavy atom. The monoisotopic (exact) mass is 273 g/mol. The van der Waals surface area contributed by atoms with Crippen LogP contribution in [0.25, 0.3) is 0 Å². The van der Waals surface area contributed by atoms with Gasteiger partial charge in [-0.2, -0.15) is 0 Å². The summed E-state index contributed by atoms with van der Waals surface area (Å²) in [6.07, 6.45) is 1.89. The number of aliphatic hydroxyl groups excluding tert-OH is 1. The van der Waals surface area contributed by atoms with Crippen molar-refractivity contribution in [1.29, 1.82) is 0 Å². The van der Waals surface area contributed by atoms with Crippen molar-refractivity contribution in [2.45, 2.75) is 51.2 Å². The Morgan fingerprint density at radius 1 is 1.47 bits per heavy atom. The van der Waals surface area contributed by atoms with Crippen molar-refractivity contribution in [2.24, 2.45) is 0 Å². The number of methoxy groups -OCH3 is 1. The molecule has 0 spiro atoms. The molecule has 1 rings (SSSR count). The number of aliphatic hydroxyl groups is 1. The number of amides is 1. The molecule has 1 N–H and O–H groups in total. The predicted molar refractivity (Wildman–Crippen MR) is 68.6 cm³/mol. The molecule has 2 atom stereocenters. The Kier molecular flexibility index (Phi) is 6.62. The molecule has 1 fully saturated rings. The van der Waals surface area contributed by atoms with E-state index < -0.39 is 18.2 Å². The third-order valence-corrected chi connectivity index (χ3v) is 3.30. The first-order chi connectivity index (χ1) is 9.10. The van der Waals surface area contributed by atoms with E-state index in [1.54, 1.807) is 0 Å². The second-order valence-corrected chi connectivity index (χ2v) is 4.72. The summed E-state index contributed by atoms with van der Waals surface area (Å²) in [5.41, 5.74) is 0. The van der Waals surface area contributed by atoms with Crippen LogP contribution in [0.5, 0.6) is 0 Å². The number of likely N-dealkylation sites (tertiary alicyclic amines) is 1. The summed E-state index contributed by atoms with van der Waals surface area (Å²) < 4.78 is 9.66. The molecule has 0 aliphatic carbocycles. The number of nitrogens with zero attached hydrogens (tertiary/aromatic N) is 1. The lowest BCUT2D eigenvalue weighted by molar-refractivity contribution is -0.143. The van der Waals surface area contributed by atoms with Crippen molar-refractivity contribution in [3.05, 3.63) is 0 Å². The Balaban J connectivity index is 2.48. The summed E-state index contributed by atoms with van der Waals surface area (Å²) in [5.74, 6) is -0.473. The van der Waals surface area contributed by atoms with Gasteiger partial charge in [-0.05, 0) is 19.3 Å². The molecule has 6 nitrogen and oxygen atoms in total. The Hall–Kier alpha value is -1.30. The maximum absolute atomic E-state index is 11.9. The zero-order valence-corrected chi connectivity index (χ0v) is 11.6. The summed E-state index contributed by atoms with van der Waals surface area (Å²) in [6.45, 7) is 2.98. The molecule has 110 valence electrons. The van der Waals surface area contributed by atoms with Crippen LogP contribution >= 0.6 is 0 Å². The van der Waals surface area contributed by atoms with Crippen molar-refractivity contribution in [3.63, 3.8) is 0 Å². The second-order valence-electron chi connectivity index (χ2n) is 4.72. The average Bonchev–Trinajstić information content (AvgIpc) is 2.88. The number of ether oxygens (including phenoxy) is 2. The zero-order chi connectivity index (χ0) is 14.3. The fourth-order valence-corrected chi connectivity index (χ4v) is 2.20. The molecule has 1 aliphatic rings. The van der Waals surface area contributed by atoms with Crippen molar-refractivity contribution in [2.75, 3.05) is 20.3 Å². The van der Waals surface area contributed by atoms with E-state index in [0.29, 0.717) is 19.6 Å². The fourth-order valence-electron chi connectivity index (χ4n) is 2.20.